The van der Waals surface area contributed by atoms with Crippen LogP contribution in [0.2, 0.25) is 0 Å². The largest absolute Gasteiger partial charge is 0.478 e. The number of carboxylic acids is 1. The van der Waals surface area contributed by atoms with Crippen molar-refractivity contribution in [1.29, 1.82) is 0 Å². The Hall–Kier alpha value is -0.870. The molecule has 0 radical (unpaired) electrons. The summed E-state index contributed by atoms with van der Waals surface area (Å²) in [6, 6.07) is 0. The monoisotopic (exact) mass is 213 g/mol. The van der Waals surface area contributed by atoms with Crippen LogP contribution in [-0.4, -0.2) is 37.4 Å². The molecule has 1 rings (SSSR count). The molecule has 0 saturated carbocycles. The summed E-state index contributed by atoms with van der Waals surface area (Å²) in [5.74, 6) is -0.197. The van der Waals surface area contributed by atoms with E-state index in [0.717, 1.165) is 38.2 Å². The molecule has 1 aliphatic rings. The molecule has 0 aromatic carbocycles. The Bertz CT molecular complexity index is 232. The first-order valence-corrected chi connectivity index (χ1v) is 5.37. The molecule has 4 nitrogen and oxygen atoms in total. The third kappa shape index (κ3) is 5.54. The molecule has 0 unspecified atom stereocenters. The predicted molar refractivity (Wildman–Crippen MR) is 57.8 cm³/mol. The zero-order valence-corrected chi connectivity index (χ0v) is 9.16. The minimum absolute atomic E-state index is 0.656. The fourth-order valence-electron chi connectivity index (χ4n) is 1.69. The Morgan fingerprint density at radius 2 is 2.20 bits per heavy atom. The van der Waals surface area contributed by atoms with Crippen LogP contribution in [0.3, 0.4) is 0 Å². The normalized spacial score (nSPS) is 19.1. The fourth-order valence-corrected chi connectivity index (χ4v) is 1.69. The van der Waals surface area contributed by atoms with Crippen molar-refractivity contribution in [2.45, 2.75) is 19.8 Å². The van der Waals surface area contributed by atoms with E-state index < -0.39 is 5.97 Å². The first kappa shape index (κ1) is 12.2. The Kier molecular flexibility index (Phi) is 5.36. The summed E-state index contributed by atoms with van der Waals surface area (Å²) in [5, 5.41) is 11.8. The summed E-state index contributed by atoms with van der Waals surface area (Å²) in [6.45, 7) is 5.15. The van der Waals surface area contributed by atoms with E-state index in [2.05, 4.69) is 5.32 Å². The van der Waals surface area contributed by atoms with Crippen LogP contribution >= 0.6 is 0 Å². The van der Waals surface area contributed by atoms with Crippen molar-refractivity contribution in [3.63, 3.8) is 0 Å². The molecule has 0 spiro atoms. The average molecular weight is 213 g/mol. The zero-order valence-electron chi connectivity index (χ0n) is 9.16. The highest BCUT2D eigenvalue weighted by atomic mass is 16.5. The molecule has 4 heteroatoms. The lowest BCUT2D eigenvalue weighted by Crippen LogP contribution is -2.28. The van der Waals surface area contributed by atoms with Gasteiger partial charge >= 0.3 is 5.97 Å². The maximum atomic E-state index is 10.4. The van der Waals surface area contributed by atoms with E-state index in [4.69, 9.17) is 9.84 Å². The Labute approximate surface area is 90.3 Å². The molecule has 0 aromatic rings. The van der Waals surface area contributed by atoms with Crippen molar-refractivity contribution in [1.82, 2.24) is 5.32 Å². The molecule has 2 N–H and O–H groups in total. The van der Waals surface area contributed by atoms with Crippen molar-refractivity contribution in [2.75, 3.05) is 26.3 Å². The molecule has 0 atom stereocenters. The first-order valence-electron chi connectivity index (χ1n) is 5.37. The summed E-state index contributed by atoms with van der Waals surface area (Å²) in [6.07, 6.45) is 3.46. The van der Waals surface area contributed by atoms with Gasteiger partial charge < -0.3 is 15.2 Å². The van der Waals surface area contributed by atoms with Crippen LogP contribution in [0.25, 0.3) is 0 Å². The summed E-state index contributed by atoms with van der Waals surface area (Å²) in [5.41, 5.74) is 0.856. The van der Waals surface area contributed by atoms with Gasteiger partial charge in [0, 0.05) is 25.8 Å². The van der Waals surface area contributed by atoms with Crippen LogP contribution in [0.1, 0.15) is 19.8 Å². The molecule has 86 valence electrons. The zero-order chi connectivity index (χ0) is 11.1. The first-order chi connectivity index (χ1) is 7.18. The maximum Gasteiger partial charge on any atom is 0.328 e. The molecular formula is C11H19NO3. The van der Waals surface area contributed by atoms with E-state index in [0.29, 0.717) is 12.5 Å². The molecule has 0 aliphatic carbocycles. The van der Waals surface area contributed by atoms with Gasteiger partial charge in [0.25, 0.3) is 0 Å². The van der Waals surface area contributed by atoms with Gasteiger partial charge in [-0.1, -0.05) is 5.57 Å². The van der Waals surface area contributed by atoms with E-state index >= 15 is 0 Å². The van der Waals surface area contributed by atoms with Crippen LogP contribution in [0.5, 0.6) is 0 Å². The van der Waals surface area contributed by atoms with Gasteiger partial charge in [0.15, 0.2) is 0 Å². The molecule has 0 aromatic heterocycles. The van der Waals surface area contributed by atoms with Crippen LogP contribution in [-0.2, 0) is 9.53 Å². The van der Waals surface area contributed by atoms with E-state index in [1.54, 1.807) is 0 Å². The fraction of sp³-hybridized carbons (Fsp3) is 0.727. The highest BCUT2D eigenvalue weighted by Crippen LogP contribution is 2.13. The molecule has 15 heavy (non-hydrogen) atoms. The minimum atomic E-state index is -0.875. The van der Waals surface area contributed by atoms with Crippen LogP contribution in [0, 0.1) is 5.92 Å². The highest BCUT2D eigenvalue weighted by Gasteiger charge is 2.12. The number of aliphatic carboxylic acids is 1. The van der Waals surface area contributed by atoms with E-state index in [9.17, 15) is 4.79 Å². The molecular weight excluding hydrogens is 194 g/mol. The second kappa shape index (κ2) is 6.58. The van der Waals surface area contributed by atoms with Crippen LogP contribution in [0.15, 0.2) is 11.6 Å². The minimum Gasteiger partial charge on any atom is -0.478 e. The van der Waals surface area contributed by atoms with E-state index in [1.807, 2.05) is 6.92 Å². The van der Waals surface area contributed by atoms with Crippen molar-refractivity contribution >= 4 is 5.97 Å². The van der Waals surface area contributed by atoms with Gasteiger partial charge in [0.1, 0.15) is 0 Å². The quantitative estimate of drug-likeness (QED) is 0.670. The standard InChI is InChI=1S/C11H19NO3/c1-9(6-11(13)14)7-12-8-10-2-4-15-5-3-10/h6,10,12H,2-5,7-8H2,1H3,(H,13,14). The summed E-state index contributed by atoms with van der Waals surface area (Å²) >= 11 is 0. The van der Waals surface area contributed by atoms with Crippen molar-refractivity contribution < 1.29 is 14.6 Å². The predicted octanol–water partition coefficient (Wildman–Crippen LogP) is 1.03. The third-order valence-electron chi connectivity index (χ3n) is 2.55. The topological polar surface area (TPSA) is 58.6 Å². The van der Waals surface area contributed by atoms with Crippen LogP contribution < -0.4 is 5.32 Å². The number of carbonyl (C=O) groups is 1. The number of hydrogen-bond donors (Lipinski definition) is 2. The van der Waals surface area contributed by atoms with Crippen molar-refractivity contribution in [2.24, 2.45) is 5.92 Å². The van der Waals surface area contributed by atoms with Crippen molar-refractivity contribution in [3.8, 4) is 0 Å². The van der Waals surface area contributed by atoms with Gasteiger partial charge in [-0.3, -0.25) is 0 Å². The second-order valence-corrected chi connectivity index (χ2v) is 4.02. The van der Waals surface area contributed by atoms with Crippen molar-refractivity contribution in [3.05, 3.63) is 11.6 Å². The average Bonchev–Trinajstić information content (AvgIpc) is 2.18. The maximum absolute atomic E-state index is 10.4. The van der Waals surface area contributed by atoms with Gasteiger partial charge in [-0.15, -0.1) is 0 Å². The molecule has 0 bridgehead atoms. The van der Waals surface area contributed by atoms with Gasteiger partial charge in [0.05, 0.1) is 0 Å². The summed E-state index contributed by atoms with van der Waals surface area (Å²) in [7, 11) is 0. The second-order valence-electron chi connectivity index (χ2n) is 4.02. The lowest BCUT2D eigenvalue weighted by atomic mass is 10.0. The molecule has 1 saturated heterocycles. The molecule has 1 heterocycles. The summed E-state index contributed by atoms with van der Waals surface area (Å²) < 4.78 is 5.26. The van der Waals surface area contributed by atoms with Gasteiger partial charge in [-0.2, -0.15) is 0 Å². The highest BCUT2D eigenvalue weighted by molar-refractivity contribution is 5.80. The number of nitrogens with one attached hydrogen (secondary N) is 1. The third-order valence-corrected chi connectivity index (χ3v) is 2.55. The number of carboxylic acid groups (broad SMARTS) is 1. The lowest BCUT2D eigenvalue weighted by Gasteiger charge is -2.22. The number of rotatable bonds is 5. The van der Waals surface area contributed by atoms with E-state index in [-0.39, 0.29) is 0 Å². The van der Waals surface area contributed by atoms with E-state index in [1.165, 1.54) is 6.08 Å². The molecule has 1 fully saturated rings. The van der Waals surface area contributed by atoms with Gasteiger partial charge in [0.2, 0.25) is 0 Å². The lowest BCUT2D eigenvalue weighted by molar-refractivity contribution is -0.131. The van der Waals surface area contributed by atoms with Crippen LogP contribution in [0.4, 0.5) is 0 Å². The molecule has 0 amide bonds. The number of ether oxygens (including phenoxy) is 1. The summed E-state index contributed by atoms with van der Waals surface area (Å²) in [4.78, 5) is 10.4. The Balaban J connectivity index is 2.12. The van der Waals surface area contributed by atoms with Gasteiger partial charge in [-0.25, -0.2) is 4.79 Å². The van der Waals surface area contributed by atoms with Gasteiger partial charge in [-0.05, 0) is 32.2 Å². The Morgan fingerprint density at radius 3 is 2.80 bits per heavy atom. The SMILES string of the molecule is CC(=CC(=O)O)CNCC1CCOCC1. The smallest absolute Gasteiger partial charge is 0.328 e. The molecule has 1 aliphatic heterocycles. The number of hydrogen-bond acceptors (Lipinski definition) is 3. The Morgan fingerprint density at radius 1 is 1.53 bits per heavy atom.